The van der Waals surface area contributed by atoms with Crippen molar-refractivity contribution in [1.82, 2.24) is 0 Å². The Bertz CT molecular complexity index is 410. The number of ketones is 1. The van der Waals surface area contributed by atoms with Crippen molar-refractivity contribution in [3.63, 3.8) is 0 Å². The normalized spacial score (nSPS) is 35.3. The van der Waals surface area contributed by atoms with Crippen LogP contribution in [0.5, 0.6) is 0 Å². The maximum absolute atomic E-state index is 12.7. The summed E-state index contributed by atoms with van der Waals surface area (Å²) in [6.07, 6.45) is 12.8. The lowest BCUT2D eigenvalue weighted by Crippen LogP contribution is -2.42. The van der Waals surface area contributed by atoms with E-state index in [1.165, 1.54) is 32.1 Å². The molecule has 0 aromatic carbocycles. The molecule has 0 aliphatic heterocycles. The topological polar surface area (TPSA) is 17.1 Å². The number of fused-ring (bicyclic) bond motifs is 1. The van der Waals surface area contributed by atoms with Crippen molar-refractivity contribution in [3.05, 3.63) is 12.7 Å². The molecule has 0 aromatic rings. The fourth-order valence-electron chi connectivity index (χ4n) is 5.75. The van der Waals surface area contributed by atoms with Crippen molar-refractivity contribution in [2.75, 3.05) is 0 Å². The molecular formula is C22H38O. The summed E-state index contributed by atoms with van der Waals surface area (Å²) < 4.78 is 0. The Hall–Kier alpha value is -0.590. The summed E-state index contributed by atoms with van der Waals surface area (Å²) in [6, 6.07) is 0. The molecule has 0 heterocycles. The summed E-state index contributed by atoms with van der Waals surface area (Å²) >= 11 is 0. The van der Waals surface area contributed by atoms with E-state index in [0.717, 1.165) is 43.4 Å². The summed E-state index contributed by atoms with van der Waals surface area (Å²) in [5.74, 6) is 3.88. The zero-order valence-corrected chi connectivity index (χ0v) is 15.9. The van der Waals surface area contributed by atoms with Crippen LogP contribution in [0, 0.1) is 35.0 Å². The van der Waals surface area contributed by atoms with Crippen LogP contribution in [-0.2, 0) is 4.79 Å². The van der Waals surface area contributed by atoms with E-state index in [4.69, 9.17) is 0 Å². The Morgan fingerprint density at radius 3 is 2.65 bits per heavy atom. The Balaban J connectivity index is 2.01. The van der Waals surface area contributed by atoms with E-state index in [1.807, 2.05) is 6.08 Å². The molecule has 2 saturated carbocycles. The van der Waals surface area contributed by atoms with Gasteiger partial charge in [-0.05, 0) is 61.2 Å². The van der Waals surface area contributed by atoms with Crippen LogP contribution >= 0.6 is 0 Å². The number of hydrogen-bond donors (Lipinski definition) is 0. The van der Waals surface area contributed by atoms with Crippen LogP contribution in [0.4, 0.5) is 0 Å². The third kappa shape index (κ3) is 4.28. The van der Waals surface area contributed by atoms with Gasteiger partial charge in [0.05, 0.1) is 0 Å². The van der Waals surface area contributed by atoms with E-state index >= 15 is 0 Å². The molecule has 2 aliphatic rings. The first-order valence-corrected chi connectivity index (χ1v) is 10.0. The second kappa shape index (κ2) is 7.99. The van der Waals surface area contributed by atoms with Crippen LogP contribution in [-0.4, -0.2) is 5.78 Å². The molecule has 2 rings (SSSR count). The first kappa shape index (κ1) is 18.7. The lowest BCUT2D eigenvalue weighted by atomic mass is 9.58. The van der Waals surface area contributed by atoms with Gasteiger partial charge in [0.1, 0.15) is 5.78 Å². The molecule has 0 N–H and O–H groups in total. The van der Waals surface area contributed by atoms with E-state index < -0.39 is 0 Å². The molecule has 0 bridgehead atoms. The SMILES string of the molecule is C=CCC[C@H]1CC(=O)[C@@H]2CC[C@H]([C@H](C)CCCC(C)C)[C@@]2(C)C1. The average molecular weight is 319 g/mol. The highest BCUT2D eigenvalue weighted by Crippen LogP contribution is 2.58. The largest absolute Gasteiger partial charge is 0.299 e. The second-order valence-corrected chi connectivity index (χ2v) is 9.15. The third-order valence-corrected chi connectivity index (χ3v) is 6.92. The molecule has 23 heavy (non-hydrogen) atoms. The molecule has 0 unspecified atom stereocenters. The van der Waals surface area contributed by atoms with Crippen LogP contribution in [0.2, 0.25) is 0 Å². The summed E-state index contributed by atoms with van der Waals surface area (Å²) in [5, 5.41) is 0. The van der Waals surface area contributed by atoms with Crippen molar-refractivity contribution in [3.8, 4) is 0 Å². The lowest BCUT2D eigenvalue weighted by Gasteiger charge is -2.45. The molecule has 0 amide bonds. The first-order valence-electron chi connectivity index (χ1n) is 10.0. The van der Waals surface area contributed by atoms with Gasteiger partial charge in [-0.3, -0.25) is 4.79 Å². The van der Waals surface area contributed by atoms with Crippen LogP contribution < -0.4 is 0 Å². The fraction of sp³-hybridized carbons (Fsp3) is 0.864. The Morgan fingerprint density at radius 2 is 2.00 bits per heavy atom. The van der Waals surface area contributed by atoms with Crippen LogP contribution in [0.25, 0.3) is 0 Å². The Labute approximate surface area is 144 Å². The minimum Gasteiger partial charge on any atom is -0.299 e. The lowest BCUT2D eigenvalue weighted by molar-refractivity contribution is -0.132. The van der Waals surface area contributed by atoms with Gasteiger partial charge in [-0.15, -0.1) is 6.58 Å². The van der Waals surface area contributed by atoms with E-state index in [9.17, 15) is 4.79 Å². The molecule has 132 valence electrons. The minimum absolute atomic E-state index is 0.276. The summed E-state index contributed by atoms with van der Waals surface area (Å²) in [4.78, 5) is 12.7. The number of carbonyl (C=O) groups is 1. The van der Waals surface area contributed by atoms with Gasteiger partial charge < -0.3 is 0 Å². The van der Waals surface area contributed by atoms with E-state index in [1.54, 1.807) is 0 Å². The molecule has 5 atom stereocenters. The van der Waals surface area contributed by atoms with Gasteiger partial charge in [-0.1, -0.05) is 53.0 Å². The standard InChI is InChI=1S/C22H38O/c1-6-7-11-18-14-21(23)20-13-12-19(22(20,5)15-18)17(4)10-8-9-16(2)3/h6,16-20H,1,7-15H2,2-5H3/t17-,18+,19-,20+,22-/m1/s1. The minimum atomic E-state index is 0.276. The molecule has 0 saturated heterocycles. The number of allylic oxidation sites excluding steroid dienone is 1. The van der Waals surface area contributed by atoms with Crippen molar-refractivity contribution in [2.24, 2.45) is 35.0 Å². The maximum Gasteiger partial charge on any atom is 0.136 e. The fourth-order valence-corrected chi connectivity index (χ4v) is 5.75. The predicted octanol–water partition coefficient (Wildman–Crippen LogP) is 6.43. The zero-order valence-electron chi connectivity index (χ0n) is 15.9. The van der Waals surface area contributed by atoms with Gasteiger partial charge in [0, 0.05) is 12.3 Å². The Kier molecular flexibility index (Phi) is 6.51. The number of rotatable bonds is 8. The van der Waals surface area contributed by atoms with E-state index in [0.29, 0.717) is 17.6 Å². The molecular weight excluding hydrogens is 280 g/mol. The van der Waals surface area contributed by atoms with Crippen LogP contribution in [0.15, 0.2) is 12.7 Å². The predicted molar refractivity (Wildman–Crippen MR) is 99.3 cm³/mol. The van der Waals surface area contributed by atoms with Gasteiger partial charge >= 0.3 is 0 Å². The highest BCUT2D eigenvalue weighted by Gasteiger charge is 2.54. The van der Waals surface area contributed by atoms with Crippen LogP contribution in [0.3, 0.4) is 0 Å². The summed E-state index contributed by atoms with van der Waals surface area (Å²) in [7, 11) is 0. The van der Waals surface area contributed by atoms with Crippen molar-refractivity contribution < 1.29 is 4.79 Å². The van der Waals surface area contributed by atoms with Crippen LogP contribution in [0.1, 0.15) is 85.5 Å². The zero-order chi connectivity index (χ0) is 17.0. The second-order valence-electron chi connectivity index (χ2n) is 9.15. The number of carbonyl (C=O) groups excluding carboxylic acids is 1. The number of hydrogen-bond acceptors (Lipinski definition) is 1. The smallest absolute Gasteiger partial charge is 0.136 e. The van der Waals surface area contributed by atoms with E-state index in [-0.39, 0.29) is 5.41 Å². The first-order chi connectivity index (χ1) is 10.9. The molecule has 2 aliphatic carbocycles. The Morgan fingerprint density at radius 1 is 1.26 bits per heavy atom. The third-order valence-electron chi connectivity index (χ3n) is 6.92. The molecule has 1 nitrogen and oxygen atoms in total. The van der Waals surface area contributed by atoms with Crippen molar-refractivity contribution in [2.45, 2.75) is 85.5 Å². The van der Waals surface area contributed by atoms with Gasteiger partial charge in [0.15, 0.2) is 0 Å². The van der Waals surface area contributed by atoms with Gasteiger partial charge in [-0.25, -0.2) is 0 Å². The molecule has 0 radical (unpaired) electrons. The highest BCUT2D eigenvalue weighted by atomic mass is 16.1. The maximum atomic E-state index is 12.7. The summed E-state index contributed by atoms with van der Waals surface area (Å²) in [5.41, 5.74) is 0.276. The molecule has 2 fully saturated rings. The van der Waals surface area contributed by atoms with E-state index in [2.05, 4.69) is 34.3 Å². The molecule has 0 spiro atoms. The number of Topliss-reactive ketones (excluding diaryl/α,β-unsaturated/α-hetero) is 1. The monoisotopic (exact) mass is 318 g/mol. The van der Waals surface area contributed by atoms with Gasteiger partial charge in [0.25, 0.3) is 0 Å². The van der Waals surface area contributed by atoms with Crippen molar-refractivity contribution >= 4 is 5.78 Å². The average Bonchev–Trinajstić information content (AvgIpc) is 2.82. The van der Waals surface area contributed by atoms with Crippen molar-refractivity contribution in [1.29, 1.82) is 0 Å². The highest BCUT2D eigenvalue weighted by molar-refractivity contribution is 5.83. The quantitative estimate of drug-likeness (QED) is 0.471. The molecule has 1 heteroatoms. The van der Waals surface area contributed by atoms with Gasteiger partial charge in [0.2, 0.25) is 0 Å². The molecule has 0 aromatic heterocycles. The summed E-state index contributed by atoms with van der Waals surface area (Å²) in [6.45, 7) is 13.4. The van der Waals surface area contributed by atoms with Gasteiger partial charge in [-0.2, -0.15) is 0 Å².